The molecule has 1 N–H and O–H groups in total. The SMILES string of the molecule is Cn1nccc1C(=O)N/N=C\c1cccs1. The van der Waals surface area contributed by atoms with Crippen molar-refractivity contribution < 1.29 is 4.79 Å². The second-order valence-electron chi connectivity index (χ2n) is 3.05. The predicted octanol–water partition coefficient (Wildman–Crippen LogP) is 1.25. The van der Waals surface area contributed by atoms with Crippen molar-refractivity contribution in [1.29, 1.82) is 0 Å². The smallest absolute Gasteiger partial charge is 0.266 e. The van der Waals surface area contributed by atoms with Gasteiger partial charge in [0.05, 0.1) is 6.21 Å². The zero-order chi connectivity index (χ0) is 11.4. The van der Waals surface area contributed by atoms with Gasteiger partial charge < -0.3 is 0 Å². The van der Waals surface area contributed by atoms with E-state index < -0.39 is 0 Å². The van der Waals surface area contributed by atoms with Gasteiger partial charge in [-0.1, -0.05) is 6.07 Å². The highest BCUT2D eigenvalue weighted by atomic mass is 32.1. The number of carbonyl (C=O) groups is 1. The molecule has 2 heterocycles. The number of hydrazone groups is 1. The molecule has 0 aliphatic rings. The highest BCUT2D eigenvalue weighted by Gasteiger charge is 2.07. The van der Waals surface area contributed by atoms with Crippen LogP contribution in [0.25, 0.3) is 0 Å². The second-order valence-corrected chi connectivity index (χ2v) is 4.03. The van der Waals surface area contributed by atoms with Crippen molar-refractivity contribution in [2.75, 3.05) is 0 Å². The van der Waals surface area contributed by atoms with Gasteiger partial charge in [-0.25, -0.2) is 5.43 Å². The average molecular weight is 234 g/mol. The van der Waals surface area contributed by atoms with E-state index in [1.165, 1.54) is 4.68 Å². The molecular weight excluding hydrogens is 224 g/mol. The molecule has 0 saturated heterocycles. The van der Waals surface area contributed by atoms with E-state index in [0.717, 1.165) is 4.88 Å². The number of hydrogen-bond donors (Lipinski definition) is 1. The third kappa shape index (κ3) is 2.34. The van der Waals surface area contributed by atoms with Gasteiger partial charge in [-0.3, -0.25) is 9.48 Å². The Morgan fingerprint density at radius 3 is 3.12 bits per heavy atom. The molecule has 1 amide bonds. The normalized spacial score (nSPS) is 10.8. The molecular formula is C10H10N4OS. The van der Waals surface area contributed by atoms with Gasteiger partial charge in [-0.2, -0.15) is 10.2 Å². The fourth-order valence-electron chi connectivity index (χ4n) is 1.17. The molecule has 0 radical (unpaired) electrons. The Morgan fingerprint density at radius 1 is 1.62 bits per heavy atom. The summed E-state index contributed by atoms with van der Waals surface area (Å²) >= 11 is 1.56. The Balaban J connectivity index is 1.97. The maximum atomic E-state index is 11.6. The van der Waals surface area contributed by atoms with Crippen LogP contribution >= 0.6 is 11.3 Å². The van der Waals surface area contributed by atoms with E-state index >= 15 is 0 Å². The summed E-state index contributed by atoms with van der Waals surface area (Å²) in [6, 6.07) is 5.48. The van der Waals surface area contributed by atoms with Crippen LogP contribution in [-0.2, 0) is 7.05 Å². The molecule has 0 saturated carbocycles. The number of aromatic nitrogens is 2. The summed E-state index contributed by atoms with van der Waals surface area (Å²) in [7, 11) is 1.71. The van der Waals surface area contributed by atoms with Gasteiger partial charge >= 0.3 is 0 Å². The predicted molar refractivity (Wildman–Crippen MR) is 62.6 cm³/mol. The monoisotopic (exact) mass is 234 g/mol. The first-order chi connectivity index (χ1) is 7.77. The molecule has 2 aromatic heterocycles. The quantitative estimate of drug-likeness (QED) is 0.641. The van der Waals surface area contributed by atoms with E-state index in [4.69, 9.17) is 0 Å². The molecule has 0 unspecified atom stereocenters. The summed E-state index contributed by atoms with van der Waals surface area (Å²) < 4.78 is 1.50. The average Bonchev–Trinajstić information content (AvgIpc) is 2.88. The molecule has 6 heteroatoms. The van der Waals surface area contributed by atoms with Crippen LogP contribution in [0.3, 0.4) is 0 Å². The topological polar surface area (TPSA) is 59.3 Å². The molecule has 0 spiro atoms. The molecule has 0 bridgehead atoms. The number of aryl methyl sites for hydroxylation is 1. The van der Waals surface area contributed by atoms with Crippen LogP contribution in [0.15, 0.2) is 34.9 Å². The highest BCUT2D eigenvalue weighted by molar-refractivity contribution is 7.11. The third-order valence-corrected chi connectivity index (χ3v) is 2.76. The minimum absolute atomic E-state index is 0.271. The van der Waals surface area contributed by atoms with Gasteiger partial charge in [0.2, 0.25) is 0 Å². The maximum Gasteiger partial charge on any atom is 0.289 e. The van der Waals surface area contributed by atoms with Gasteiger partial charge in [0, 0.05) is 18.1 Å². The summed E-state index contributed by atoms with van der Waals surface area (Å²) in [4.78, 5) is 12.6. The van der Waals surface area contributed by atoms with E-state index in [1.807, 2.05) is 17.5 Å². The van der Waals surface area contributed by atoms with Crippen molar-refractivity contribution >= 4 is 23.5 Å². The molecule has 0 atom stereocenters. The lowest BCUT2D eigenvalue weighted by Gasteiger charge is -1.98. The van der Waals surface area contributed by atoms with Crippen molar-refractivity contribution in [1.82, 2.24) is 15.2 Å². The number of nitrogens with one attached hydrogen (secondary N) is 1. The first-order valence-corrected chi connectivity index (χ1v) is 5.50. The summed E-state index contributed by atoms with van der Waals surface area (Å²) in [6.07, 6.45) is 3.18. The van der Waals surface area contributed by atoms with Gasteiger partial charge in [-0.05, 0) is 17.5 Å². The number of carbonyl (C=O) groups excluding carboxylic acids is 1. The second kappa shape index (κ2) is 4.71. The molecule has 16 heavy (non-hydrogen) atoms. The van der Waals surface area contributed by atoms with Gasteiger partial charge in [0.25, 0.3) is 5.91 Å². The van der Waals surface area contributed by atoms with Crippen LogP contribution in [0, 0.1) is 0 Å². The molecule has 2 aromatic rings. The fraction of sp³-hybridized carbons (Fsp3) is 0.100. The molecule has 0 aliphatic heterocycles. The van der Waals surface area contributed by atoms with E-state index in [-0.39, 0.29) is 5.91 Å². The van der Waals surface area contributed by atoms with Crippen molar-refractivity contribution in [2.24, 2.45) is 12.1 Å². The third-order valence-electron chi connectivity index (χ3n) is 1.95. The number of thiophene rings is 1. The first kappa shape index (κ1) is 10.6. The standard InChI is InChI=1S/C10H10N4OS/c1-14-9(4-5-12-14)10(15)13-11-7-8-3-2-6-16-8/h2-7H,1H3,(H,13,15)/b11-7-. The lowest BCUT2D eigenvalue weighted by atomic mass is 10.4. The largest absolute Gasteiger partial charge is 0.289 e. The maximum absolute atomic E-state index is 11.6. The van der Waals surface area contributed by atoms with Crippen LogP contribution in [0.1, 0.15) is 15.4 Å². The Morgan fingerprint density at radius 2 is 2.50 bits per heavy atom. The number of hydrogen-bond acceptors (Lipinski definition) is 4. The van der Waals surface area contributed by atoms with Crippen LogP contribution in [0.5, 0.6) is 0 Å². The fourth-order valence-corrected chi connectivity index (χ4v) is 1.76. The minimum Gasteiger partial charge on any atom is -0.266 e. The van der Waals surface area contributed by atoms with E-state index in [1.54, 1.807) is 36.9 Å². The summed E-state index contributed by atoms with van der Waals surface area (Å²) in [5.74, 6) is -0.271. The Bertz CT molecular complexity index is 501. The number of rotatable bonds is 3. The molecule has 5 nitrogen and oxygen atoms in total. The Labute approximate surface area is 96.4 Å². The van der Waals surface area contributed by atoms with Crippen molar-refractivity contribution in [3.05, 3.63) is 40.3 Å². The number of amides is 1. The van der Waals surface area contributed by atoms with Crippen molar-refractivity contribution in [3.8, 4) is 0 Å². The van der Waals surface area contributed by atoms with Gasteiger partial charge in [-0.15, -0.1) is 11.3 Å². The van der Waals surface area contributed by atoms with Crippen molar-refractivity contribution in [2.45, 2.75) is 0 Å². The lowest BCUT2D eigenvalue weighted by Crippen LogP contribution is -2.20. The molecule has 0 aromatic carbocycles. The van der Waals surface area contributed by atoms with Crippen LogP contribution in [0.4, 0.5) is 0 Å². The van der Waals surface area contributed by atoms with Crippen LogP contribution < -0.4 is 5.43 Å². The first-order valence-electron chi connectivity index (χ1n) is 4.62. The van der Waals surface area contributed by atoms with Gasteiger partial charge in [0.1, 0.15) is 5.69 Å². The van der Waals surface area contributed by atoms with Crippen molar-refractivity contribution in [3.63, 3.8) is 0 Å². The zero-order valence-corrected chi connectivity index (χ0v) is 9.44. The summed E-state index contributed by atoms with van der Waals surface area (Å²) in [6.45, 7) is 0. The summed E-state index contributed by atoms with van der Waals surface area (Å²) in [5.41, 5.74) is 2.92. The molecule has 0 fully saturated rings. The van der Waals surface area contributed by atoms with E-state index in [2.05, 4.69) is 15.6 Å². The lowest BCUT2D eigenvalue weighted by molar-refractivity contribution is 0.0946. The Hall–Kier alpha value is -1.95. The van der Waals surface area contributed by atoms with E-state index in [9.17, 15) is 4.79 Å². The molecule has 82 valence electrons. The summed E-state index contributed by atoms with van der Waals surface area (Å²) in [5, 5.41) is 9.71. The molecule has 2 rings (SSSR count). The Kier molecular flexibility index (Phi) is 3.11. The molecule has 0 aliphatic carbocycles. The van der Waals surface area contributed by atoms with Crippen LogP contribution in [0.2, 0.25) is 0 Å². The van der Waals surface area contributed by atoms with Crippen LogP contribution in [-0.4, -0.2) is 21.9 Å². The zero-order valence-electron chi connectivity index (χ0n) is 8.62. The number of nitrogens with zero attached hydrogens (tertiary/aromatic N) is 3. The van der Waals surface area contributed by atoms with E-state index in [0.29, 0.717) is 5.69 Å². The minimum atomic E-state index is -0.271. The highest BCUT2D eigenvalue weighted by Crippen LogP contribution is 2.04. The van der Waals surface area contributed by atoms with Gasteiger partial charge in [0.15, 0.2) is 0 Å².